The highest BCUT2D eigenvalue weighted by Gasteiger charge is 2.44. The van der Waals surface area contributed by atoms with Gasteiger partial charge in [0.05, 0.1) is 11.6 Å². The van der Waals surface area contributed by atoms with Crippen LogP contribution in [-0.4, -0.2) is 17.6 Å². The predicted octanol–water partition coefficient (Wildman–Crippen LogP) is 5.78. The molecule has 0 spiro atoms. The Bertz CT molecular complexity index is 1550. The van der Waals surface area contributed by atoms with E-state index in [4.69, 9.17) is 0 Å². The minimum Gasteiger partial charge on any atom is -0.333 e. The molecule has 0 saturated carbocycles. The van der Waals surface area contributed by atoms with Crippen LogP contribution in [0.25, 0.3) is 6.08 Å². The van der Waals surface area contributed by atoms with Crippen molar-refractivity contribution >= 4 is 29.0 Å². The Morgan fingerprint density at radius 1 is 0.794 bits per heavy atom. The number of allylic oxidation sites excluding steroid dienone is 3. The maximum atomic E-state index is 13.0. The SMILES string of the molecule is O=C1C(=Cc2cc3c4c(c2)CC2C=CC=C5Cc6cccc(c6N4C52)C3)C(=O)c2ccccc21. The predicted molar refractivity (Wildman–Crippen MR) is 133 cm³/mol. The van der Waals surface area contributed by atoms with Crippen LogP contribution in [0, 0.1) is 5.92 Å². The number of Topliss-reactive ketones (excluding diaryl/α,β-unsaturated/α-hetero) is 2. The van der Waals surface area contributed by atoms with Gasteiger partial charge in [-0.1, -0.05) is 60.7 Å². The van der Waals surface area contributed by atoms with Crippen LogP contribution in [0.2, 0.25) is 0 Å². The number of rotatable bonds is 1. The van der Waals surface area contributed by atoms with E-state index in [1.165, 1.54) is 39.2 Å². The van der Waals surface area contributed by atoms with Crippen molar-refractivity contribution in [2.75, 3.05) is 4.90 Å². The lowest BCUT2D eigenvalue weighted by Crippen LogP contribution is -2.49. The van der Waals surface area contributed by atoms with Crippen LogP contribution in [0.3, 0.4) is 0 Å². The molecule has 3 aliphatic heterocycles. The summed E-state index contributed by atoms with van der Waals surface area (Å²) in [6.45, 7) is 0. The molecule has 3 nitrogen and oxygen atoms in total. The summed E-state index contributed by atoms with van der Waals surface area (Å²) in [5.74, 6) is 0.104. The van der Waals surface area contributed by atoms with Crippen molar-refractivity contribution in [1.29, 1.82) is 0 Å². The summed E-state index contributed by atoms with van der Waals surface area (Å²) >= 11 is 0. The molecule has 0 N–H and O–H groups in total. The number of ketones is 2. The van der Waals surface area contributed by atoms with Crippen molar-refractivity contribution in [3.8, 4) is 0 Å². The molecule has 3 heterocycles. The molecule has 162 valence electrons. The molecule has 2 aliphatic carbocycles. The van der Waals surface area contributed by atoms with Crippen LogP contribution in [0.15, 0.2) is 84.0 Å². The minimum atomic E-state index is -0.164. The molecule has 0 bridgehead atoms. The lowest BCUT2D eigenvalue weighted by Gasteiger charge is -2.52. The standard InChI is InChI=1S/C31H21NO2/c33-30-24-9-1-2-10-25(24)31(34)26(30)13-17-11-22-15-20-7-3-5-18-14-19-6-4-8-21-16-23(12-17)29(22)32(27(18)20)28(19)21/h1-13,20,27H,14-16H2. The van der Waals surface area contributed by atoms with E-state index in [1.54, 1.807) is 12.1 Å². The Hall–Kier alpha value is -3.98. The molecule has 0 radical (unpaired) electrons. The van der Waals surface area contributed by atoms with Crippen LogP contribution in [0.5, 0.6) is 0 Å². The summed E-state index contributed by atoms with van der Waals surface area (Å²) in [5, 5.41) is 0. The van der Waals surface area contributed by atoms with E-state index in [0.717, 1.165) is 24.8 Å². The Kier molecular flexibility index (Phi) is 3.43. The zero-order valence-electron chi connectivity index (χ0n) is 18.5. The van der Waals surface area contributed by atoms with Crippen LogP contribution in [-0.2, 0) is 19.3 Å². The fourth-order valence-electron chi connectivity index (χ4n) is 6.85. The van der Waals surface area contributed by atoms with Crippen molar-refractivity contribution < 1.29 is 9.59 Å². The summed E-state index contributed by atoms with van der Waals surface area (Å²) in [7, 11) is 0. The summed E-state index contributed by atoms with van der Waals surface area (Å²) in [5.41, 5.74) is 11.9. The smallest absolute Gasteiger partial charge is 0.197 e. The summed E-state index contributed by atoms with van der Waals surface area (Å²) in [4.78, 5) is 28.6. The van der Waals surface area contributed by atoms with Gasteiger partial charge in [-0.25, -0.2) is 0 Å². The topological polar surface area (TPSA) is 37.4 Å². The summed E-state index contributed by atoms with van der Waals surface area (Å²) in [6, 6.07) is 18.6. The molecule has 3 aromatic rings. The Morgan fingerprint density at radius 3 is 2.29 bits per heavy atom. The number of hydrogen-bond donors (Lipinski definition) is 0. The van der Waals surface area contributed by atoms with Crippen LogP contribution in [0.4, 0.5) is 11.4 Å². The van der Waals surface area contributed by atoms with Gasteiger partial charge >= 0.3 is 0 Å². The van der Waals surface area contributed by atoms with E-state index < -0.39 is 0 Å². The quantitative estimate of drug-likeness (QED) is 0.356. The second kappa shape index (κ2) is 6.32. The van der Waals surface area contributed by atoms with E-state index in [0.29, 0.717) is 23.1 Å². The van der Waals surface area contributed by atoms with Gasteiger partial charge in [0.15, 0.2) is 11.6 Å². The summed E-state index contributed by atoms with van der Waals surface area (Å²) < 4.78 is 0. The number of carbonyl (C=O) groups is 2. The monoisotopic (exact) mass is 439 g/mol. The largest absolute Gasteiger partial charge is 0.333 e. The van der Waals surface area contributed by atoms with E-state index in [2.05, 4.69) is 53.5 Å². The highest BCUT2D eigenvalue weighted by molar-refractivity contribution is 6.41. The lowest BCUT2D eigenvalue weighted by molar-refractivity contribution is 0.0990. The number of fused-ring (bicyclic) bond motifs is 1. The van der Waals surface area contributed by atoms with Gasteiger partial charge in [0.1, 0.15) is 0 Å². The second-order valence-corrected chi connectivity index (χ2v) is 10.0. The van der Waals surface area contributed by atoms with Gasteiger partial charge in [-0.05, 0) is 64.4 Å². The average molecular weight is 440 g/mol. The zero-order valence-corrected chi connectivity index (χ0v) is 18.5. The lowest BCUT2D eigenvalue weighted by atomic mass is 9.71. The minimum absolute atomic E-state index is 0.164. The van der Waals surface area contributed by atoms with Gasteiger partial charge in [0.2, 0.25) is 0 Å². The molecule has 0 aromatic heterocycles. The highest BCUT2D eigenvalue weighted by atomic mass is 16.2. The highest BCUT2D eigenvalue weighted by Crippen LogP contribution is 2.54. The number of para-hydroxylation sites is 1. The van der Waals surface area contributed by atoms with E-state index in [9.17, 15) is 9.59 Å². The fraction of sp³-hybridized carbons (Fsp3) is 0.161. The van der Waals surface area contributed by atoms with Crippen LogP contribution < -0.4 is 4.90 Å². The molecule has 8 rings (SSSR count). The number of hydrogen-bond acceptors (Lipinski definition) is 3. The van der Waals surface area contributed by atoms with E-state index in [1.807, 2.05) is 18.2 Å². The third kappa shape index (κ3) is 2.27. The van der Waals surface area contributed by atoms with Gasteiger partial charge in [0, 0.05) is 34.8 Å². The first kappa shape index (κ1) is 18.4. The van der Waals surface area contributed by atoms with Crippen molar-refractivity contribution in [3.63, 3.8) is 0 Å². The molecule has 2 unspecified atom stereocenters. The van der Waals surface area contributed by atoms with Crippen LogP contribution in [0.1, 0.15) is 48.5 Å². The van der Waals surface area contributed by atoms with Gasteiger partial charge in [-0.15, -0.1) is 0 Å². The van der Waals surface area contributed by atoms with E-state index >= 15 is 0 Å². The number of anilines is 2. The molecular formula is C31H21NO2. The van der Waals surface area contributed by atoms with Gasteiger partial charge in [-0.2, -0.15) is 0 Å². The molecule has 34 heavy (non-hydrogen) atoms. The third-order valence-corrected chi connectivity index (χ3v) is 8.15. The van der Waals surface area contributed by atoms with Gasteiger partial charge in [-0.3, -0.25) is 9.59 Å². The van der Waals surface area contributed by atoms with Gasteiger partial charge in [0.25, 0.3) is 0 Å². The first-order chi connectivity index (χ1) is 16.7. The Balaban J connectivity index is 1.32. The van der Waals surface area contributed by atoms with Crippen molar-refractivity contribution in [3.05, 3.63) is 123 Å². The van der Waals surface area contributed by atoms with Crippen molar-refractivity contribution in [2.45, 2.75) is 25.3 Å². The van der Waals surface area contributed by atoms with Crippen molar-refractivity contribution in [2.24, 2.45) is 5.92 Å². The summed E-state index contributed by atoms with van der Waals surface area (Å²) in [6.07, 6.45) is 11.6. The Morgan fingerprint density at radius 2 is 1.50 bits per heavy atom. The molecule has 0 amide bonds. The molecule has 5 aliphatic rings. The fourth-order valence-corrected chi connectivity index (χ4v) is 6.85. The Labute approximate surface area is 197 Å². The first-order valence-corrected chi connectivity index (χ1v) is 12.0. The first-order valence-electron chi connectivity index (χ1n) is 12.0. The molecule has 3 heteroatoms. The maximum absolute atomic E-state index is 13.0. The van der Waals surface area contributed by atoms with Gasteiger partial charge < -0.3 is 4.90 Å². The third-order valence-electron chi connectivity index (χ3n) is 8.15. The number of carbonyl (C=O) groups excluding carboxylic acids is 2. The zero-order chi connectivity index (χ0) is 22.6. The average Bonchev–Trinajstić information content (AvgIpc) is 3.09. The molecule has 0 saturated heterocycles. The van der Waals surface area contributed by atoms with Crippen LogP contribution >= 0.6 is 0 Å². The normalized spacial score (nSPS) is 22.4. The molecular weight excluding hydrogens is 418 g/mol. The molecule has 0 fully saturated rings. The second-order valence-electron chi connectivity index (χ2n) is 10.0. The maximum Gasteiger partial charge on any atom is 0.197 e. The van der Waals surface area contributed by atoms with Crippen molar-refractivity contribution in [1.82, 2.24) is 0 Å². The molecule has 3 aromatic carbocycles. The molecule has 2 atom stereocenters. The number of nitrogens with zero attached hydrogens (tertiary/aromatic N) is 1. The van der Waals surface area contributed by atoms with E-state index in [-0.39, 0.29) is 17.1 Å². The number of benzene rings is 3.